The highest BCUT2D eigenvalue weighted by Gasteiger charge is 2.12. The highest BCUT2D eigenvalue weighted by Crippen LogP contribution is 2.20. The summed E-state index contributed by atoms with van der Waals surface area (Å²) < 4.78 is 5.37. The molecule has 0 atom stereocenters. The van der Waals surface area contributed by atoms with E-state index in [4.69, 9.17) is 16.3 Å². The van der Waals surface area contributed by atoms with Gasteiger partial charge in [0.25, 0.3) is 5.91 Å². The van der Waals surface area contributed by atoms with Crippen LogP contribution in [0.25, 0.3) is 0 Å². The van der Waals surface area contributed by atoms with Crippen LogP contribution in [-0.2, 0) is 10.5 Å². The Morgan fingerprint density at radius 1 is 1.12 bits per heavy atom. The van der Waals surface area contributed by atoms with Crippen molar-refractivity contribution in [3.63, 3.8) is 0 Å². The van der Waals surface area contributed by atoms with Crippen molar-refractivity contribution < 1.29 is 9.53 Å². The Bertz CT molecular complexity index is 718. The molecule has 0 aliphatic carbocycles. The number of halogens is 1. The first-order valence-electron chi connectivity index (χ1n) is 8.76. The molecule has 1 N–H and O–H groups in total. The SMILES string of the molecule is O=C(NCCSCc1ccccc1Cl)c1ccc(N2CCOCC2)cc1. The van der Waals surface area contributed by atoms with Crippen molar-refractivity contribution in [3.05, 3.63) is 64.7 Å². The van der Waals surface area contributed by atoms with Crippen LogP contribution < -0.4 is 10.2 Å². The first-order valence-corrected chi connectivity index (χ1v) is 10.3. The van der Waals surface area contributed by atoms with Crippen LogP contribution >= 0.6 is 23.4 Å². The summed E-state index contributed by atoms with van der Waals surface area (Å²) in [5.41, 5.74) is 2.96. The summed E-state index contributed by atoms with van der Waals surface area (Å²) in [5, 5.41) is 3.77. The third-order valence-corrected chi connectivity index (χ3v) is 5.63. The van der Waals surface area contributed by atoms with Crippen molar-refractivity contribution in [1.29, 1.82) is 0 Å². The predicted octanol–water partition coefficient (Wildman–Crippen LogP) is 3.84. The van der Waals surface area contributed by atoms with Gasteiger partial charge in [0.1, 0.15) is 0 Å². The lowest BCUT2D eigenvalue weighted by Crippen LogP contribution is -2.36. The van der Waals surface area contributed by atoms with E-state index in [1.54, 1.807) is 11.8 Å². The second kappa shape index (κ2) is 9.86. The first-order chi connectivity index (χ1) is 12.7. The van der Waals surface area contributed by atoms with Crippen molar-refractivity contribution >= 4 is 35.0 Å². The molecule has 26 heavy (non-hydrogen) atoms. The zero-order valence-corrected chi connectivity index (χ0v) is 16.2. The van der Waals surface area contributed by atoms with Gasteiger partial charge in [0.05, 0.1) is 13.2 Å². The van der Waals surface area contributed by atoms with E-state index in [2.05, 4.69) is 10.2 Å². The number of morpholine rings is 1. The summed E-state index contributed by atoms with van der Waals surface area (Å²) in [6.07, 6.45) is 0. The topological polar surface area (TPSA) is 41.6 Å². The van der Waals surface area contributed by atoms with Gasteiger partial charge in [0.15, 0.2) is 0 Å². The molecule has 1 amide bonds. The molecular weight excluding hydrogens is 368 g/mol. The van der Waals surface area contributed by atoms with E-state index >= 15 is 0 Å². The first kappa shape index (κ1) is 19.1. The molecule has 0 radical (unpaired) electrons. The fourth-order valence-corrected chi connectivity index (χ4v) is 3.93. The molecule has 1 saturated heterocycles. The molecule has 0 bridgehead atoms. The second-order valence-electron chi connectivity index (χ2n) is 6.05. The number of hydrogen-bond donors (Lipinski definition) is 1. The number of carbonyl (C=O) groups is 1. The normalized spacial score (nSPS) is 14.3. The molecule has 0 saturated carbocycles. The zero-order valence-electron chi connectivity index (χ0n) is 14.6. The lowest BCUT2D eigenvalue weighted by molar-refractivity contribution is 0.0956. The second-order valence-corrected chi connectivity index (χ2v) is 7.56. The Balaban J connectivity index is 1.40. The number of ether oxygens (including phenoxy) is 1. The summed E-state index contributed by atoms with van der Waals surface area (Å²) in [5.74, 6) is 1.67. The zero-order chi connectivity index (χ0) is 18.2. The van der Waals surface area contributed by atoms with Gasteiger partial charge < -0.3 is 15.0 Å². The van der Waals surface area contributed by atoms with Crippen molar-refractivity contribution in [2.75, 3.05) is 43.5 Å². The quantitative estimate of drug-likeness (QED) is 0.729. The number of benzene rings is 2. The Morgan fingerprint density at radius 2 is 1.85 bits per heavy atom. The van der Waals surface area contributed by atoms with Crippen LogP contribution in [0.15, 0.2) is 48.5 Å². The van der Waals surface area contributed by atoms with E-state index in [1.165, 1.54) is 0 Å². The molecule has 1 aliphatic rings. The lowest BCUT2D eigenvalue weighted by Gasteiger charge is -2.28. The average Bonchev–Trinajstić information content (AvgIpc) is 2.70. The van der Waals surface area contributed by atoms with Crippen molar-refractivity contribution in [1.82, 2.24) is 5.32 Å². The summed E-state index contributed by atoms with van der Waals surface area (Å²) in [6, 6.07) is 15.6. The highest BCUT2D eigenvalue weighted by molar-refractivity contribution is 7.98. The molecule has 1 fully saturated rings. The smallest absolute Gasteiger partial charge is 0.251 e. The molecule has 0 unspecified atom stereocenters. The molecule has 138 valence electrons. The third kappa shape index (κ3) is 5.40. The van der Waals surface area contributed by atoms with Gasteiger partial charge in [-0.25, -0.2) is 0 Å². The van der Waals surface area contributed by atoms with Crippen LogP contribution in [0.2, 0.25) is 5.02 Å². The van der Waals surface area contributed by atoms with E-state index in [9.17, 15) is 4.79 Å². The van der Waals surface area contributed by atoms with Gasteiger partial charge in [-0.3, -0.25) is 4.79 Å². The molecule has 2 aromatic rings. The van der Waals surface area contributed by atoms with Gasteiger partial charge in [-0.1, -0.05) is 29.8 Å². The van der Waals surface area contributed by atoms with E-state index in [1.807, 2.05) is 48.5 Å². The van der Waals surface area contributed by atoms with Crippen molar-refractivity contribution in [2.45, 2.75) is 5.75 Å². The Labute approximate surface area is 163 Å². The molecule has 3 rings (SSSR count). The van der Waals surface area contributed by atoms with Gasteiger partial charge >= 0.3 is 0 Å². The lowest BCUT2D eigenvalue weighted by atomic mass is 10.1. The fraction of sp³-hybridized carbons (Fsp3) is 0.350. The summed E-state index contributed by atoms with van der Waals surface area (Å²) in [4.78, 5) is 14.5. The standard InChI is InChI=1S/C20H23ClN2O2S/c21-19-4-2-1-3-17(19)15-26-14-9-22-20(24)16-5-7-18(8-6-16)23-10-12-25-13-11-23/h1-8H,9-15H2,(H,22,24). The third-order valence-electron chi connectivity index (χ3n) is 4.25. The number of amides is 1. The number of nitrogens with zero attached hydrogens (tertiary/aromatic N) is 1. The van der Waals surface area contributed by atoms with Gasteiger partial charge in [0.2, 0.25) is 0 Å². The fourth-order valence-electron chi connectivity index (χ4n) is 2.78. The number of thioether (sulfide) groups is 1. The summed E-state index contributed by atoms with van der Waals surface area (Å²) >= 11 is 7.90. The largest absolute Gasteiger partial charge is 0.378 e. The summed E-state index contributed by atoms with van der Waals surface area (Å²) in [7, 11) is 0. The van der Waals surface area contributed by atoms with Crippen molar-refractivity contribution in [2.24, 2.45) is 0 Å². The van der Waals surface area contributed by atoms with Crippen LogP contribution in [0.5, 0.6) is 0 Å². The molecule has 2 aromatic carbocycles. The average molecular weight is 391 g/mol. The minimum absolute atomic E-state index is 0.0307. The van der Waals surface area contributed by atoms with Crippen LogP contribution in [0, 0.1) is 0 Å². The van der Waals surface area contributed by atoms with Gasteiger partial charge in [-0.2, -0.15) is 11.8 Å². The highest BCUT2D eigenvalue weighted by atomic mass is 35.5. The molecule has 0 spiro atoms. The number of hydrogen-bond acceptors (Lipinski definition) is 4. The monoisotopic (exact) mass is 390 g/mol. The maximum Gasteiger partial charge on any atom is 0.251 e. The van der Waals surface area contributed by atoms with Crippen molar-refractivity contribution in [3.8, 4) is 0 Å². The Morgan fingerprint density at radius 3 is 2.58 bits per heavy atom. The minimum atomic E-state index is -0.0307. The molecule has 4 nitrogen and oxygen atoms in total. The molecule has 1 heterocycles. The molecular formula is C20H23ClN2O2S. The van der Waals surface area contributed by atoms with Gasteiger partial charge in [0, 0.05) is 47.4 Å². The predicted molar refractivity (Wildman–Crippen MR) is 109 cm³/mol. The number of anilines is 1. The van der Waals surface area contributed by atoms with Gasteiger partial charge in [-0.15, -0.1) is 0 Å². The number of carbonyl (C=O) groups excluding carboxylic acids is 1. The van der Waals surface area contributed by atoms with E-state index < -0.39 is 0 Å². The van der Waals surface area contributed by atoms with Crippen LogP contribution in [-0.4, -0.2) is 44.5 Å². The Kier molecular flexibility index (Phi) is 7.23. The van der Waals surface area contributed by atoms with Crippen LogP contribution in [0.4, 0.5) is 5.69 Å². The Hall–Kier alpha value is -1.69. The molecule has 0 aromatic heterocycles. The van der Waals surface area contributed by atoms with E-state index in [0.717, 1.165) is 54.1 Å². The summed E-state index contributed by atoms with van der Waals surface area (Å²) in [6.45, 7) is 3.95. The maximum atomic E-state index is 12.2. The van der Waals surface area contributed by atoms with Crippen LogP contribution in [0.3, 0.4) is 0 Å². The molecule has 1 aliphatic heterocycles. The van der Waals surface area contributed by atoms with E-state index in [-0.39, 0.29) is 5.91 Å². The van der Waals surface area contributed by atoms with Crippen LogP contribution in [0.1, 0.15) is 15.9 Å². The number of rotatable bonds is 7. The molecule has 6 heteroatoms. The minimum Gasteiger partial charge on any atom is -0.378 e. The van der Waals surface area contributed by atoms with Gasteiger partial charge in [-0.05, 0) is 35.9 Å². The van der Waals surface area contributed by atoms with E-state index in [0.29, 0.717) is 12.1 Å². The number of nitrogens with one attached hydrogen (secondary N) is 1. The maximum absolute atomic E-state index is 12.2.